The molecule has 0 heterocycles. The molecule has 0 radical (unpaired) electrons. The molecule has 0 bridgehead atoms. The molecule has 2 atom stereocenters. The van der Waals surface area contributed by atoms with Crippen molar-refractivity contribution in [2.75, 3.05) is 14.2 Å². The first-order valence-corrected chi connectivity index (χ1v) is 7.59. The van der Waals surface area contributed by atoms with Crippen LogP contribution in [0.3, 0.4) is 0 Å². The van der Waals surface area contributed by atoms with Gasteiger partial charge in [-0.3, -0.25) is 10.1 Å². The van der Waals surface area contributed by atoms with Crippen LogP contribution < -0.4 is 5.32 Å². The molecule has 1 N–H and O–H groups in total. The molecule has 2 aliphatic carbocycles. The fraction of sp³-hybridized carbons (Fsp3) is 0.933. The van der Waals surface area contributed by atoms with Gasteiger partial charge in [0.1, 0.15) is 5.54 Å². The molecule has 0 saturated heterocycles. The lowest BCUT2D eigenvalue weighted by atomic mass is 9.78. The molecular formula is C15H27NO3. The van der Waals surface area contributed by atoms with Crippen molar-refractivity contribution in [3.63, 3.8) is 0 Å². The molecule has 0 aromatic carbocycles. The minimum absolute atomic E-state index is 0.111. The van der Waals surface area contributed by atoms with E-state index in [1.54, 1.807) is 7.11 Å². The van der Waals surface area contributed by atoms with Gasteiger partial charge < -0.3 is 9.47 Å². The number of rotatable bonds is 4. The number of ether oxygens (including phenoxy) is 2. The second-order valence-electron chi connectivity index (χ2n) is 6.01. The first-order valence-electron chi connectivity index (χ1n) is 7.59. The fourth-order valence-corrected chi connectivity index (χ4v) is 3.63. The van der Waals surface area contributed by atoms with Crippen LogP contribution in [0.1, 0.15) is 57.8 Å². The summed E-state index contributed by atoms with van der Waals surface area (Å²) in [5, 5.41) is 3.63. The number of hydrogen-bond acceptors (Lipinski definition) is 4. The van der Waals surface area contributed by atoms with Gasteiger partial charge in [0.05, 0.1) is 13.2 Å². The Labute approximate surface area is 116 Å². The predicted octanol–water partition coefficient (Wildman–Crippen LogP) is 2.41. The van der Waals surface area contributed by atoms with Gasteiger partial charge in [-0.05, 0) is 32.1 Å². The highest BCUT2D eigenvalue weighted by Gasteiger charge is 2.45. The summed E-state index contributed by atoms with van der Waals surface area (Å²) in [6.45, 7) is 0. The summed E-state index contributed by atoms with van der Waals surface area (Å²) in [6.07, 6.45) is 10.1. The molecule has 2 fully saturated rings. The SMILES string of the molecule is COC(=O)C1(NC2CCCCC2)CCCC(OC)C1. The highest BCUT2D eigenvalue weighted by molar-refractivity contribution is 5.81. The van der Waals surface area contributed by atoms with Gasteiger partial charge >= 0.3 is 5.97 Å². The number of carbonyl (C=O) groups is 1. The zero-order chi connectivity index (χ0) is 13.7. The molecule has 2 saturated carbocycles. The normalized spacial score (nSPS) is 33.1. The fourth-order valence-electron chi connectivity index (χ4n) is 3.63. The monoisotopic (exact) mass is 269 g/mol. The zero-order valence-corrected chi connectivity index (χ0v) is 12.2. The topological polar surface area (TPSA) is 47.6 Å². The van der Waals surface area contributed by atoms with E-state index in [0.717, 1.165) is 25.7 Å². The van der Waals surface area contributed by atoms with Crippen molar-refractivity contribution < 1.29 is 14.3 Å². The van der Waals surface area contributed by atoms with Crippen LogP contribution >= 0.6 is 0 Å². The summed E-state index contributed by atoms with van der Waals surface area (Å²) in [5.74, 6) is -0.111. The summed E-state index contributed by atoms with van der Waals surface area (Å²) >= 11 is 0. The third-order valence-corrected chi connectivity index (χ3v) is 4.70. The van der Waals surface area contributed by atoms with Crippen LogP contribution in [0.5, 0.6) is 0 Å². The van der Waals surface area contributed by atoms with Crippen molar-refractivity contribution >= 4 is 5.97 Å². The molecule has 0 aliphatic heterocycles. The van der Waals surface area contributed by atoms with Crippen LogP contribution in [0.25, 0.3) is 0 Å². The van der Waals surface area contributed by atoms with Crippen molar-refractivity contribution in [2.45, 2.75) is 75.5 Å². The summed E-state index contributed by atoms with van der Waals surface area (Å²) in [4.78, 5) is 12.3. The van der Waals surface area contributed by atoms with E-state index in [0.29, 0.717) is 6.04 Å². The van der Waals surface area contributed by atoms with Gasteiger partial charge in [-0.25, -0.2) is 0 Å². The van der Waals surface area contributed by atoms with E-state index in [9.17, 15) is 4.79 Å². The Bertz CT molecular complexity index is 302. The maximum atomic E-state index is 12.3. The van der Waals surface area contributed by atoms with Crippen LogP contribution in [-0.4, -0.2) is 37.9 Å². The number of esters is 1. The minimum atomic E-state index is -0.518. The maximum Gasteiger partial charge on any atom is 0.326 e. The van der Waals surface area contributed by atoms with Crippen molar-refractivity contribution in [1.82, 2.24) is 5.32 Å². The summed E-state index contributed by atoms with van der Waals surface area (Å²) in [5.41, 5.74) is -0.518. The van der Waals surface area contributed by atoms with Crippen LogP contribution in [0.2, 0.25) is 0 Å². The predicted molar refractivity (Wildman–Crippen MR) is 74.0 cm³/mol. The molecule has 0 aromatic heterocycles. The van der Waals surface area contributed by atoms with E-state index in [2.05, 4.69) is 5.32 Å². The minimum Gasteiger partial charge on any atom is -0.468 e. The van der Waals surface area contributed by atoms with Gasteiger partial charge in [-0.1, -0.05) is 19.3 Å². The van der Waals surface area contributed by atoms with E-state index in [4.69, 9.17) is 9.47 Å². The third-order valence-electron chi connectivity index (χ3n) is 4.70. The van der Waals surface area contributed by atoms with Gasteiger partial charge in [-0.2, -0.15) is 0 Å². The highest BCUT2D eigenvalue weighted by Crippen LogP contribution is 2.33. The molecular weight excluding hydrogens is 242 g/mol. The lowest BCUT2D eigenvalue weighted by Gasteiger charge is -2.42. The molecule has 2 unspecified atom stereocenters. The number of hydrogen-bond donors (Lipinski definition) is 1. The van der Waals surface area contributed by atoms with Crippen molar-refractivity contribution in [3.05, 3.63) is 0 Å². The average Bonchev–Trinajstić information content (AvgIpc) is 2.47. The van der Waals surface area contributed by atoms with Crippen LogP contribution in [0.4, 0.5) is 0 Å². The van der Waals surface area contributed by atoms with Crippen LogP contribution in [-0.2, 0) is 14.3 Å². The second-order valence-corrected chi connectivity index (χ2v) is 6.01. The quantitative estimate of drug-likeness (QED) is 0.796. The smallest absolute Gasteiger partial charge is 0.326 e. The van der Waals surface area contributed by atoms with Crippen LogP contribution in [0.15, 0.2) is 0 Å². The highest BCUT2D eigenvalue weighted by atomic mass is 16.5. The summed E-state index contributed by atoms with van der Waals surface area (Å²) in [6, 6.07) is 0.462. The van der Waals surface area contributed by atoms with E-state index >= 15 is 0 Å². The molecule has 4 nitrogen and oxygen atoms in total. The molecule has 2 aliphatic rings. The number of methoxy groups -OCH3 is 2. The van der Waals surface area contributed by atoms with E-state index in [1.807, 2.05) is 0 Å². The zero-order valence-electron chi connectivity index (χ0n) is 12.2. The lowest BCUT2D eigenvalue weighted by Crippen LogP contribution is -2.59. The Hall–Kier alpha value is -0.610. The molecule has 110 valence electrons. The number of carbonyl (C=O) groups excluding carboxylic acids is 1. The first kappa shape index (κ1) is 14.8. The second kappa shape index (κ2) is 6.71. The molecule has 0 amide bonds. The lowest BCUT2D eigenvalue weighted by molar-refractivity contribution is -0.153. The van der Waals surface area contributed by atoms with Gasteiger partial charge in [0, 0.05) is 19.6 Å². The Morgan fingerprint density at radius 3 is 2.47 bits per heavy atom. The average molecular weight is 269 g/mol. The summed E-state index contributed by atoms with van der Waals surface area (Å²) < 4.78 is 10.6. The molecule has 0 aromatic rings. The van der Waals surface area contributed by atoms with Crippen molar-refractivity contribution in [2.24, 2.45) is 0 Å². The van der Waals surface area contributed by atoms with Gasteiger partial charge in [-0.15, -0.1) is 0 Å². The molecule has 4 heteroatoms. The van der Waals surface area contributed by atoms with Gasteiger partial charge in [0.25, 0.3) is 0 Å². The Morgan fingerprint density at radius 2 is 1.84 bits per heavy atom. The van der Waals surface area contributed by atoms with E-state index < -0.39 is 5.54 Å². The largest absolute Gasteiger partial charge is 0.468 e. The van der Waals surface area contributed by atoms with Gasteiger partial charge in [0.2, 0.25) is 0 Å². The molecule has 19 heavy (non-hydrogen) atoms. The Kier molecular flexibility index (Phi) is 5.22. The van der Waals surface area contributed by atoms with Crippen molar-refractivity contribution in [1.29, 1.82) is 0 Å². The summed E-state index contributed by atoms with van der Waals surface area (Å²) in [7, 11) is 3.22. The Balaban J connectivity index is 2.07. The third kappa shape index (κ3) is 3.48. The number of nitrogens with one attached hydrogen (secondary N) is 1. The van der Waals surface area contributed by atoms with Gasteiger partial charge in [0.15, 0.2) is 0 Å². The van der Waals surface area contributed by atoms with E-state index in [1.165, 1.54) is 39.2 Å². The van der Waals surface area contributed by atoms with E-state index in [-0.39, 0.29) is 12.1 Å². The standard InChI is InChI=1S/C15H27NO3/c1-18-13-9-6-10-15(11-13,14(17)19-2)16-12-7-4-3-5-8-12/h12-13,16H,3-11H2,1-2H3. The maximum absolute atomic E-state index is 12.3. The first-order chi connectivity index (χ1) is 9.20. The molecule has 0 spiro atoms. The van der Waals surface area contributed by atoms with Crippen LogP contribution in [0, 0.1) is 0 Å². The van der Waals surface area contributed by atoms with Crippen molar-refractivity contribution in [3.8, 4) is 0 Å². The Morgan fingerprint density at radius 1 is 1.11 bits per heavy atom. The molecule has 2 rings (SSSR count).